The number of aliphatic hydroxyl groups excluding tert-OH is 1. The molecule has 0 saturated heterocycles. The maximum atomic E-state index is 10.5. The molecule has 0 bridgehead atoms. The Labute approximate surface area is 126 Å². The van der Waals surface area contributed by atoms with Gasteiger partial charge in [0.2, 0.25) is 0 Å². The summed E-state index contributed by atoms with van der Waals surface area (Å²) in [5.41, 5.74) is 0. The zero-order valence-electron chi connectivity index (χ0n) is 14.4. The van der Waals surface area contributed by atoms with Crippen molar-refractivity contribution in [2.75, 3.05) is 6.54 Å². The van der Waals surface area contributed by atoms with Gasteiger partial charge < -0.3 is 5.11 Å². The number of aliphatic hydroxyl groups is 1. The van der Waals surface area contributed by atoms with Crippen molar-refractivity contribution >= 4 is 0 Å². The lowest BCUT2D eigenvalue weighted by Crippen LogP contribution is -2.52. The van der Waals surface area contributed by atoms with Crippen molar-refractivity contribution in [3.63, 3.8) is 0 Å². The van der Waals surface area contributed by atoms with Crippen LogP contribution >= 0.6 is 0 Å². The van der Waals surface area contributed by atoms with Gasteiger partial charge in [-0.1, -0.05) is 47.5 Å². The minimum absolute atomic E-state index is 0.109. The first-order valence-electron chi connectivity index (χ1n) is 8.97. The minimum Gasteiger partial charge on any atom is -0.391 e. The third-order valence-corrected chi connectivity index (χ3v) is 5.00. The molecule has 1 rings (SSSR count). The van der Waals surface area contributed by atoms with Crippen LogP contribution in [-0.4, -0.2) is 34.7 Å². The Morgan fingerprint density at radius 1 is 1.10 bits per heavy atom. The Balaban J connectivity index is 2.79. The highest BCUT2D eigenvalue weighted by Gasteiger charge is 2.35. The predicted molar refractivity (Wildman–Crippen MR) is 88.0 cm³/mol. The van der Waals surface area contributed by atoms with Gasteiger partial charge >= 0.3 is 0 Å². The fourth-order valence-electron chi connectivity index (χ4n) is 3.98. The molecule has 2 nitrogen and oxygen atoms in total. The second-order valence-electron chi connectivity index (χ2n) is 7.16. The van der Waals surface area contributed by atoms with Gasteiger partial charge in [0, 0.05) is 18.6 Å². The van der Waals surface area contributed by atoms with Crippen molar-refractivity contribution in [3.05, 3.63) is 0 Å². The molecular weight excluding hydrogens is 246 g/mol. The van der Waals surface area contributed by atoms with Crippen LogP contribution in [0.3, 0.4) is 0 Å². The number of rotatable bonds is 8. The highest BCUT2D eigenvalue weighted by atomic mass is 16.3. The summed E-state index contributed by atoms with van der Waals surface area (Å²) >= 11 is 0. The maximum Gasteiger partial charge on any atom is 0.0695 e. The van der Waals surface area contributed by atoms with E-state index in [0.717, 1.165) is 18.9 Å². The lowest BCUT2D eigenvalue weighted by molar-refractivity contribution is -0.0246. The minimum atomic E-state index is -0.109. The summed E-state index contributed by atoms with van der Waals surface area (Å²) < 4.78 is 0. The third kappa shape index (κ3) is 5.04. The molecule has 1 aliphatic rings. The SMILES string of the molecule is CCCC1CCC(O)C(N(CC(C)C)C(CC)CC)C1. The van der Waals surface area contributed by atoms with Crippen molar-refractivity contribution in [2.45, 2.75) is 97.8 Å². The Morgan fingerprint density at radius 3 is 2.25 bits per heavy atom. The second kappa shape index (κ2) is 9.04. The largest absolute Gasteiger partial charge is 0.391 e. The zero-order chi connectivity index (χ0) is 15.1. The van der Waals surface area contributed by atoms with Crippen LogP contribution in [-0.2, 0) is 0 Å². The molecule has 120 valence electrons. The molecule has 0 aliphatic heterocycles. The van der Waals surface area contributed by atoms with Gasteiger partial charge in [0.25, 0.3) is 0 Å². The lowest BCUT2D eigenvalue weighted by atomic mass is 9.80. The Bertz CT molecular complexity index is 250. The number of nitrogens with zero attached hydrogens (tertiary/aromatic N) is 1. The molecule has 0 amide bonds. The van der Waals surface area contributed by atoms with Crippen LogP contribution < -0.4 is 0 Å². The van der Waals surface area contributed by atoms with Crippen molar-refractivity contribution in [2.24, 2.45) is 11.8 Å². The molecule has 3 unspecified atom stereocenters. The van der Waals surface area contributed by atoms with Crippen LogP contribution in [0, 0.1) is 11.8 Å². The first kappa shape index (κ1) is 18.0. The van der Waals surface area contributed by atoms with Gasteiger partial charge in [-0.3, -0.25) is 4.90 Å². The molecule has 1 aliphatic carbocycles. The molecule has 1 fully saturated rings. The van der Waals surface area contributed by atoms with E-state index in [2.05, 4.69) is 39.5 Å². The quantitative estimate of drug-likeness (QED) is 0.711. The zero-order valence-corrected chi connectivity index (χ0v) is 14.4. The van der Waals surface area contributed by atoms with Gasteiger partial charge in [-0.05, 0) is 43.9 Å². The molecule has 0 aromatic carbocycles. The standard InChI is InChI=1S/C18H37NO/c1-6-9-15-10-11-18(20)17(12-15)19(13-14(4)5)16(7-2)8-3/h14-18,20H,6-13H2,1-5H3. The molecule has 1 saturated carbocycles. The summed E-state index contributed by atoms with van der Waals surface area (Å²) in [4.78, 5) is 2.65. The van der Waals surface area contributed by atoms with Crippen molar-refractivity contribution in [1.29, 1.82) is 0 Å². The second-order valence-corrected chi connectivity index (χ2v) is 7.16. The van der Waals surface area contributed by atoms with Gasteiger partial charge in [0.05, 0.1) is 6.10 Å². The molecule has 0 radical (unpaired) electrons. The molecule has 2 heteroatoms. The summed E-state index contributed by atoms with van der Waals surface area (Å²) in [5.74, 6) is 1.51. The number of hydrogen-bond donors (Lipinski definition) is 1. The van der Waals surface area contributed by atoms with E-state index in [4.69, 9.17) is 0 Å². The van der Waals surface area contributed by atoms with Crippen LogP contribution in [0.2, 0.25) is 0 Å². The van der Waals surface area contributed by atoms with E-state index in [9.17, 15) is 5.11 Å². The first-order valence-corrected chi connectivity index (χ1v) is 8.97. The van der Waals surface area contributed by atoms with Gasteiger partial charge in [0.1, 0.15) is 0 Å². The van der Waals surface area contributed by atoms with Gasteiger partial charge in [-0.25, -0.2) is 0 Å². The summed E-state index contributed by atoms with van der Waals surface area (Å²) in [6, 6.07) is 1.03. The van der Waals surface area contributed by atoms with Crippen LogP contribution in [0.1, 0.15) is 79.6 Å². The summed E-state index contributed by atoms with van der Waals surface area (Å²) in [7, 11) is 0. The summed E-state index contributed by atoms with van der Waals surface area (Å²) in [5, 5.41) is 10.5. The fraction of sp³-hybridized carbons (Fsp3) is 1.00. The van der Waals surface area contributed by atoms with E-state index >= 15 is 0 Å². The Hall–Kier alpha value is -0.0800. The Kier molecular flexibility index (Phi) is 8.13. The van der Waals surface area contributed by atoms with E-state index < -0.39 is 0 Å². The van der Waals surface area contributed by atoms with Gasteiger partial charge in [-0.15, -0.1) is 0 Å². The molecule has 3 atom stereocenters. The van der Waals surface area contributed by atoms with E-state index in [1.165, 1.54) is 38.5 Å². The van der Waals surface area contributed by atoms with Crippen molar-refractivity contribution < 1.29 is 5.11 Å². The molecule has 1 N–H and O–H groups in total. The normalized spacial score (nSPS) is 27.8. The van der Waals surface area contributed by atoms with Crippen molar-refractivity contribution in [3.8, 4) is 0 Å². The number of hydrogen-bond acceptors (Lipinski definition) is 2. The predicted octanol–water partition coefficient (Wildman–Crippen LogP) is 4.46. The molecule has 0 spiro atoms. The van der Waals surface area contributed by atoms with Crippen LogP contribution in [0.25, 0.3) is 0 Å². The van der Waals surface area contributed by atoms with Gasteiger partial charge in [-0.2, -0.15) is 0 Å². The molecule has 0 heterocycles. The lowest BCUT2D eigenvalue weighted by Gasteiger charge is -2.45. The first-order chi connectivity index (χ1) is 9.53. The van der Waals surface area contributed by atoms with Crippen molar-refractivity contribution in [1.82, 2.24) is 4.90 Å². The topological polar surface area (TPSA) is 23.5 Å². The highest BCUT2D eigenvalue weighted by Crippen LogP contribution is 2.33. The molecular formula is C18H37NO. The van der Waals surface area contributed by atoms with E-state index in [1.54, 1.807) is 0 Å². The fourth-order valence-corrected chi connectivity index (χ4v) is 3.98. The molecule has 0 aromatic heterocycles. The van der Waals surface area contributed by atoms with E-state index in [1.807, 2.05) is 0 Å². The molecule has 20 heavy (non-hydrogen) atoms. The van der Waals surface area contributed by atoms with Crippen LogP contribution in [0.5, 0.6) is 0 Å². The summed E-state index contributed by atoms with van der Waals surface area (Å²) in [6.45, 7) is 12.6. The monoisotopic (exact) mass is 283 g/mol. The summed E-state index contributed by atoms with van der Waals surface area (Å²) in [6.07, 6.45) is 8.34. The van der Waals surface area contributed by atoms with Crippen LogP contribution in [0.4, 0.5) is 0 Å². The highest BCUT2D eigenvalue weighted by molar-refractivity contribution is 4.89. The molecule has 0 aromatic rings. The van der Waals surface area contributed by atoms with E-state index in [0.29, 0.717) is 18.0 Å². The smallest absolute Gasteiger partial charge is 0.0695 e. The average Bonchev–Trinajstić information content (AvgIpc) is 2.41. The third-order valence-electron chi connectivity index (χ3n) is 5.00. The maximum absolute atomic E-state index is 10.5. The van der Waals surface area contributed by atoms with Crippen LogP contribution in [0.15, 0.2) is 0 Å². The Morgan fingerprint density at radius 2 is 1.75 bits per heavy atom. The van der Waals surface area contributed by atoms with E-state index in [-0.39, 0.29) is 6.10 Å². The van der Waals surface area contributed by atoms with Gasteiger partial charge in [0.15, 0.2) is 0 Å². The average molecular weight is 284 g/mol.